The van der Waals surface area contributed by atoms with Crippen LogP contribution in [0.5, 0.6) is 0 Å². The first-order valence-electron chi connectivity index (χ1n) is 11.0. The van der Waals surface area contributed by atoms with Gasteiger partial charge in [0, 0.05) is 19.7 Å². The van der Waals surface area contributed by atoms with Gasteiger partial charge < -0.3 is 24.7 Å². The van der Waals surface area contributed by atoms with E-state index >= 15 is 0 Å². The summed E-state index contributed by atoms with van der Waals surface area (Å²) in [6, 6.07) is -0.172. The number of hydrogen-bond acceptors (Lipinski definition) is 8. The highest BCUT2D eigenvalue weighted by Crippen LogP contribution is 2.27. The highest BCUT2D eigenvalue weighted by molar-refractivity contribution is 7.17. The third-order valence-corrected chi connectivity index (χ3v) is 6.59. The molecule has 0 aromatic carbocycles. The van der Waals surface area contributed by atoms with Crippen LogP contribution in [0.25, 0.3) is 0 Å². The van der Waals surface area contributed by atoms with Gasteiger partial charge in [-0.1, -0.05) is 43.2 Å². The lowest BCUT2D eigenvalue weighted by Gasteiger charge is -2.38. The third-order valence-electron chi connectivity index (χ3n) is 5.24. The summed E-state index contributed by atoms with van der Waals surface area (Å²) >= 11 is 7.39. The van der Waals surface area contributed by atoms with Crippen molar-refractivity contribution in [1.29, 1.82) is 0 Å². The summed E-state index contributed by atoms with van der Waals surface area (Å²) in [6.07, 6.45) is 4.63. The van der Waals surface area contributed by atoms with Crippen molar-refractivity contribution >= 4 is 39.9 Å². The molecule has 3 heterocycles. The molecule has 1 amide bonds. The fourth-order valence-corrected chi connectivity index (χ4v) is 4.59. The largest absolute Gasteiger partial charge is 0.462 e. The average molecular weight is 484 g/mol. The molecule has 0 aliphatic carbocycles. The van der Waals surface area contributed by atoms with Crippen LogP contribution < -0.4 is 10.2 Å². The molecule has 0 unspecified atom stereocenters. The van der Waals surface area contributed by atoms with Gasteiger partial charge in [0.15, 0.2) is 16.1 Å². The zero-order valence-electron chi connectivity index (χ0n) is 18.6. The van der Waals surface area contributed by atoms with E-state index in [0.29, 0.717) is 49.2 Å². The van der Waals surface area contributed by atoms with E-state index in [-0.39, 0.29) is 29.8 Å². The second-order valence-electron chi connectivity index (χ2n) is 7.51. The molecule has 1 aliphatic heterocycles. The van der Waals surface area contributed by atoms with Crippen LogP contribution >= 0.6 is 22.9 Å². The number of rotatable bonds is 10. The summed E-state index contributed by atoms with van der Waals surface area (Å²) in [5, 5.41) is 4.12. The maximum atomic E-state index is 12.8. The second kappa shape index (κ2) is 11.6. The maximum absolute atomic E-state index is 12.8. The number of nitrogens with zero attached hydrogens (tertiary/aromatic N) is 3. The van der Waals surface area contributed by atoms with E-state index in [4.69, 9.17) is 21.1 Å². The van der Waals surface area contributed by atoms with Crippen LogP contribution in [0.3, 0.4) is 0 Å². The van der Waals surface area contributed by atoms with E-state index in [1.54, 1.807) is 13.1 Å². The van der Waals surface area contributed by atoms with E-state index in [1.807, 2.05) is 6.92 Å². The number of esters is 1. The molecule has 2 aromatic heterocycles. The van der Waals surface area contributed by atoms with Crippen LogP contribution in [0, 0.1) is 0 Å². The number of halogens is 1. The number of aryl methyl sites for hydroxylation is 1. The van der Waals surface area contributed by atoms with Crippen molar-refractivity contribution in [2.24, 2.45) is 0 Å². The second-order valence-corrected chi connectivity index (χ2v) is 8.88. The van der Waals surface area contributed by atoms with E-state index < -0.39 is 0 Å². The quantitative estimate of drug-likeness (QED) is 0.393. The van der Waals surface area contributed by atoms with E-state index in [9.17, 15) is 9.59 Å². The molecule has 1 aliphatic rings. The standard InChI is InChI=1S/C21H30ClN5O4S/c1-4-7-10-31-15-12-27(21-23-11-16(32-21)20(29)30-6-3)9-8-14(15)25-19(28)18-24-13(5-2)17(22)26-18/h11,14-15H,4-10,12H2,1-3H3,(H,24,26)(H,25,28)/t14-,15+/m0/s1. The molecule has 1 saturated heterocycles. The van der Waals surface area contributed by atoms with Gasteiger partial charge in [0.2, 0.25) is 0 Å². The lowest BCUT2D eigenvalue weighted by atomic mass is 10.0. The Morgan fingerprint density at radius 1 is 1.38 bits per heavy atom. The number of piperidine rings is 1. The van der Waals surface area contributed by atoms with Crippen LogP contribution in [0.15, 0.2) is 6.20 Å². The highest BCUT2D eigenvalue weighted by atomic mass is 35.5. The van der Waals surface area contributed by atoms with Gasteiger partial charge in [0.25, 0.3) is 5.91 Å². The zero-order valence-corrected chi connectivity index (χ0v) is 20.2. The Labute approximate surface area is 196 Å². The molecule has 0 spiro atoms. The number of unbranched alkanes of at least 4 members (excludes halogenated alkanes) is 1. The van der Waals surface area contributed by atoms with Gasteiger partial charge in [-0.15, -0.1) is 0 Å². The Kier molecular flexibility index (Phi) is 8.89. The minimum Gasteiger partial charge on any atom is -0.462 e. The van der Waals surface area contributed by atoms with Crippen molar-refractivity contribution in [1.82, 2.24) is 20.3 Å². The lowest BCUT2D eigenvalue weighted by Crippen LogP contribution is -2.55. The molecule has 2 N–H and O–H groups in total. The number of carbonyl (C=O) groups excluding carboxylic acids is 2. The molecular weight excluding hydrogens is 454 g/mol. The fourth-order valence-electron chi connectivity index (χ4n) is 3.48. The fraction of sp³-hybridized carbons (Fsp3) is 0.619. The lowest BCUT2D eigenvalue weighted by molar-refractivity contribution is 0.0187. The first-order valence-corrected chi connectivity index (χ1v) is 12.2. The van der Waals surface area contributed by atoms with Crippen molar-refractivity contribution in [2.45, 2.75) is 58.6 Å². The SMILES string of the molecule is CCCCO[C@@H]1CN(c2ncc(C(=O)OCC)s2)CC[C@@H]1NC(=O)c1nc(Cl)c(CC)[nH]1. The van der Waals surface area contributed by atoms with Crippen molar-refractivity contribution in [2.75, 3.05) is 31.2 Å². The molecule has 3 rings (SSSR count). The van der Waals surface area contributed by atoms with E-state index in [2.05, 4.69) is 32.1 Å². The van der Waals surface area contributed by atoms with Gasteiger partial charge in [-0.3, -0.25) is 4.79 Å². The van der Waals surface area contributed by atoms with Crippen LogP contribution in [0.4, 0.5) is 5.13 Å². The Bertz CT molecular complexity index is 918. The number of thiazole rings is 1. The Balaban J connectivity index is 1.68. The summed E-state index contributed by atoms with van der Waals surface area (Å²) in [5.74, 6) is -0.453. The van der Waals surface area contributed by atoms with Crippen molar-refractivity contribution in [3.8, 4) is 0 Å². The van der Waals surface area contributed by atoms with Gasteiger partial charge in [-0.2, -0.15) is 0 Å². The van der Waals surface area contributed by atoms with Crippen LogP contribution in [-0.4, -0.2) is 65.3 Å². The summed E-state index contributed by atoms with van der Waals surface area (Å²) in [4.78, 5) is 38.8. The van der Waals surface area contributed by atoms with Gasteiger partial charge in [-0.05, 0) is 26.2 Å². The minimum atomic E-state index is -0.363. The summed E-state index contributed by atoms with van der Waals surface area (Å²) in [5.41, 5.74) is 0.739. The van der Waals surface area contributed by atoms with Crippen molar-refractivity contribution in [3.05, 3.63) is 27.7 Å². The smallest absolute Gasteiger partial charge is 0.350 e. The minimum absolute atomic E-state index is 0.172. The zero-order chi connectivity index (χ0) is 23.1. The van der Waals surface area contributed by atoms with Crippen molar-refractivity contribution in [3.63, 3.8) is 0 Å². The third kappa shape index (κ3) is 5.99. The van der Waals surface area contributed by atoms with Crippen LogP contribution in [-0.2, 0) is 15.9 Å². The van der Waals surface area contributed by atoms with Gasteiger partial charge in [0.1, 0.15) is 4.88 Å². The number of nitrogens with one attached hydrogen (secondary N) is 2. The number of anilines is 1. The molecule has 11 heteroatoms. The number of hydrogen-bond donors (Lipinski definition) is 2. The molecule has 1 fully saturated rings. The Morgan fingerprint density at radius 3 is 2.88 bits per heavy atom. The molecule has 0 saturated carbocycles. The van der Waals surface area contributed by atoms with Gasteiger partial charge in [0.05, 0.1) is 30.6 Å². The maximum Gasteiger partial charge on any atom is 0.350 e. The number of H-pyrrole nitrogens is 1. The summed E-state index contributed by atoms with van der Waals surface area (Å²) < 4.78 is 11.2. The monoisotopic (exact) mass is 483 g/mol. The van der Waals surface area contributed by atoms with Crippen molar-refractivity contribution < 1.29 is 19.1 Å². The molecule has 2 atom stereocenters. The molecule has 2 aromatic rings. The van der Waals surface area contributed by atoms with E-state index in [1.165, 1.54) is 11.3 Å². The Morgan fingerprint density at radius 2 is 2.19 bits per heavy atom. The first-order chi connectivity index (χ1) is 15.5. The molecule has 9 nitrogen and oxygen atoms in total. The number of ether oxygens (including phenoxy) is 2. The number of imidazole rings is 1. The van der Waals surface area contributed by atoms with Crippen LogP contribution in [0.1, 0.15) is 66.0 Å². The molecule has 176 valence electrons. The average Bonchev–Trinajstić information content (AvgIpc) is 3.42. The predicted molar refractivity (Wildman–Crippen MR) is 124 cm³/mol. The summed E-state index contributed by atoms with van der Waals surface area (Å²) in [7, 11) is 0. The molecule has 0 bridgehead atoms. The first kappa shape index (κ1) is 24.5. The summed E-state index contributed by atoms with van der Waals surface area (Å²) in [6.45, 7) is 7.99. The molecular formula is C21H30ClN5O4S. The molecule has 0 radical (unpaired) electrons. The predicted octanol–water partition coefficient (Wildman–Crippen LogP) is 3.45. The normalized spacial score (nSPS) is 18.6. The number of aromatic amines is 1. The molecule has 32 heavy (non-hydrogen) atoms. The topological polar surface area (TPSA) is 109 Å². The van der Waals surface area contributed by atoms with Crippen LogP contribution in [0.2, 0.25) is 5.15 Å². The van der Waals surface area contributed by atoms with Gasteiger partial charge >= 0.3 is 5.97 Å². The number of amides is 1. The number of aromatic nitrogens is 3. The van der Waals surface area contributed by atoms with E-state index in [0.717, 1.165) is 23.7 Å². The Hall–Kier alpha value is -2.17. The highest BCUT2D eigenvalue weighted by Gasteiger charge is 2.33. The van der Waals surface area contributed by atoms with Gasteiger partial charge in [-0.25, -0.2) is 14.8 Å². The number of carbonyl (C=O) groups is 2.